The van der Waals surface area contributed by atoms with Gasteiger partial charge in [-0.15, -0.1) is 0 Å². The topological polar surface area (TPSA) is 41.6 Å². The van der Waals surface area contributed by atoms with Gasteiger partial charge < -0.3 is 10.1 Å². The number of nitrogens with one attached hydrogen (secondary N) is 1. The first kappa shape index (κ1) is 14.9. The molecule has 0 bridgehead atoms. The highest BCUT2D eigenvalue weighted by molar-refractivity contribution is 5.94. The summed E-state index contributed by atoms with van der Waals surface area (Å²) in [7, 11) is 0. The molecule has 0 spiro atoms. The standard InChI is InChI=1S/C15H21FN2O2/c1-11(18-6-7-20-10-12(18)2)9-17-15(19)13-4-3-5-14(16)8-13/h3-5,8,11-12H,6-7,9-10H2,1-2H3,(H,17,19)/t11-,12+/m1/s1. The number of amides is 1. The first-order chi connectivity index (χ1) is 9.58. The van der Waals surface area contributed by atoms with E-state index in [1.54, 1.807) is 6.07 Å². The van der Waals surface area contributed by atoms with Crippen LogP contribution >= 0.6 is 0 Å². The molecule has 0 unspecified atom stereocenters. The summed E-state index contributed by atoms with van der Waals surface area (Å²) in [5.41, 5.74) is 0.354. The Balaban J connectivity index is 1.86. The van der Waals surface area contributed by atoms with E-state index in [2.05, 4.69) is 24.1 Å². The number of ether oxygens (including phenoxy) is 1. The Hall–Kier alpha value is -1.46. The van der Waals surface area contributed by atoms with Gasteiger partial charge in [-0.05, 0) is 32.0 Å². The van der Waals surface area contributed by atoms with Crippen LogP contribution in [0.15, 0.2) is 24.3 Å². The summed E-state index contributed by atoms with van der Waals surface area (Å²) in [6, 6.07) is 6.31. The number of morpholine rings is 1. The summed E-state index contributed by atoms with van der Waals surface area (Å²) >= 11 is 0. The van der Waals surface area contributed by atoms with Crippen molar-refractivity contribution in [3.63, 3.8) is 0 Å². The maximum absolute atomic E-state index is 13.1. The van der Waals surface area contributed by atoms with Gasteiger partial charge in [0.15, 0.2) is 0 Å². The lowest BCUT2D eigenvalue weighted by atomic mass is 10.1. The highest BCUT2D eigenvalue weighted by atomic mass is 19.1. The third-order valence-electron chi connectivity index (χ3n) is 3.63. The van der Waals surface area contributed by atoms with Crippen LogP contribution < -0.4 is 5.32 Å². The fourth-order valence-corrected chi connectivity index (χ4v) is 2.48. The van der Waals surface area contributed by atoms with Crippen molar-refractivity contribution in [1.82, 2.24) is 10.2 Å². The molecule has 1 fully saturated rings. The van der Waals surface area contributed by atoms with Crippen molar-refractivity contribution in [2.24, 2.45) is 0 Å². The van der Waals surface area contributed by atoms with E-state index in [0.29, 0.717) is 18.2 Å². The molecule has 1 aliphatic rings. The second-order valence-corrected chi connectivity index (χ2v) is 5.23. The molecule has 0 radical (unpaired) electrons. The van der Waals surface area contributed by atoms with E-state index >= 15 is 0 Å². The number of carbonyl (C=O) groups is 1. The monoisotopic (exact) mass is 280 g/mol. The third-order valence-corrected chi connectivity index (χ3v) is 3.63. The Morgan fingerprint density at radius 2 is 2.40 bits per heavy atom. The lowest BCUT2D eigenvalue weighted by Crippen LogP contribution is -2.51. The first-order valence-electron chi connectivity index (χ1n) is 6.95. The molecule has 1 aromatic carbocycles. The van der Waals surface area contributed by atoms with Crippen molar-refractivity contribution in [1.29, 1.82) is 0 Å². The van der Waals surface area contributed by atoms with E-state index in [-0.39, 0.29) is 11.9 Å². The van der Waals surface area contributed by atoms with Crippen LogP contribution in [0, 0.1) is 5.82 Å². The van der Waals surface area contributed by atoms with Gasteiger partial charge in [0.2, 0.25) is 0 Å². The number of hydrogen-bond donors (Lipinski definition) is 1. The number of benzene rings is 1. The molecule has 2 rings (SSSR count). The molecule has 5 heteroatoms. The van der Waals surface area contributed by atoms with Crippen molar-refractivity contribution in [2.45, 2.75) is 25.9 Å². The Morgan fingerprint density at radius 1 is 1.60 bits per heavy atom. The van der Waals surface area contributed by atoms with Crippen LogP contribution in [0.2, 0.25) is 0 Å². The van der Waals surface area contributed by atoms with Crippen molar-refractivity contribution in [3.8, 4) is 0 Å². The van der Waals surface area contributed by atoms with Gasteiger partial charge in [0.25, 0.3) is 5.91 Å². The fourth-order valence-electron chi connectivity index (χ4n) is 2.48. The first-order valence-corrected chi connectivity index (χ1v) is 6.95. The van der Waals surface area contributed by atoms with Gasteiger partial charge in [-0.3, -0.25) is 9.69 Å². The molecule has 0 aliphatic carbocycles. The van der Waals surface area contributed by atoms with Crippen LogP contribution in [0.3, 0.4) is 0 Å². The lowest BCUT2D eigenvalue weighted by molar-refractivity contribution is -0.0178. The number of halogens is 1. The van der Waals surface area contributed by atoms with Gasteiger partial charge in [-0.2, -0.15) is 0 Å². The van der Waals surface area contributed by atoms with Crippen LogP contribution in [0.1, 0.15) is 24.2 Å². The number of hydrogen-bond acceptors (Lipinski definition) is 3. The third kappa shape index (κ3) is 3.77. The zero-order valence-electron chi connectivity index (χ0n) is 11.9. The molecular weight excluding hydrogens is 259 g/mol. The van der Waals surface area contributed by atoms with E-state index in [4.69, 9.17) is 4.74 Å². The predicted octanol–water partition coefficient (Wildman–Crippen LogP) is 1.66. The van der Waals surface area contributed by atoms with Gasteiger partial charge in [-0.1, -0.05) is 6.07 Å². The maximum atomic E-state index is 13.1. The molecular formula is C15H21FN2O2. The Labute approximate surface area is 118 Å². The lowest BCUT2D eigenvalue weighted by Gasteiger charge is -2.37. The molecule has 1 aromatic rings. The predicted molar refractivity (Wildman–Crippen MR) is 75.2 cm³/mol. The van der Waals surface area contributed by atoms with Crippen molar-refractivity contribution < 1.29 is 13.9 Å². The van der Waals surface area contributed by atoms with Crippen LogP contribution in [-0.4, -0.2) is 49.2 Å². The Kier molecular flexibility index (Phi) is 5.09. The van der Waals surface area contributed by atoms with Crippen LogP contribution in [0.25, 0.3) is 0 Å². The maximum Gasteiger partial charge on any atom is 0.251 e. The average molecular weight is 280 g/mol. The molecule has 1 amide bonds. The normalized spacial score (nSPS) is 21.4. The minimum atomic E-state index is -0.396. The molecule has 1 saturated heterocycles. The molecule has 20 heavy (non-hydrogen) atoms. The van der Waals surface area contributed by atoms with E-state index in [1.807, 2.05) is 0 Å². The summed E-state index contributed by atoms with van der Waals surface area (Å²) in [6.07, 6.45) is 0. The number of nitrogens with zero attached hydrogens (tertiary/aromatic N) is 1. The Bertz CT molecular complexity index is 467. The summed E-state index contributed by atoms with van der Waals surface area (Å²) in [6.45, 7) is 7.06. The van der Waals surface area contributed by atoms with Crippen molar-refractivity contribution in [2.75, 3.05) is 26.3 Å². The van der Waals surface area contributed by atoms with Gasteiger partial charge in [0.1, 0.15) is 5.82 Å². The summed E-state index contributed by atoms with van der Waals surface area (Å²) in [5, 5.41) is 2.86. The fraction of sp³-hybridized carbons (Fsp3) is 0.533. The van der Waals surface area contributed by atoms with E-state index in [0.717, 1.165) is 19.8 Å². The molecule has 0 aromatic heterocycles. The number of carbonyl (C=O) groups excluding carboxylic acids is 1. The molecule has 2 atom stereocenters. The molecule has 1 heterocycles. The summed E-state index contributed by atoms with van der Waals surface area (Å²) in [4.78, 5) is 14.3. The van der Waals surface area contributed by atoms with E-state index in [1.165, 1.54) is 18.2 Å². The largest absolute Gasteiger partial charge is 0.379 e. The zero-order chi connectivity index (χ0) is 14.5. The average Bonchev–Trinajstić information content (AvgIpc) is 2.45. The van der Waals surface area contributed by atoms with Gasteiger partial charge in [0.05, 0.1) is 13.2 Å². The minimum Gasteiger partial charge on any atom is -0.379 e. The summed E-state index contributed by atoms with van der Waals surface area (Å²) < 4.78 is 18.5. The molecule has 1 aliphatic heterocycles. The molecule has 110 valence electrons. The molecule has 1 N–H and O–H groups in total. The van der Waals surface area contributed by atoms with Gasteiger partial charge >= 0.3 is 0 Å². The van der Waals surface area contributed by atoms with Gasteiger partial charge in [-0.25, -0.2) is 4.39 Å². The van der Waals surface area contributed by atoms with Crippen molar-refractivity contribution >= 4 is 5.91 Å². The summed E-state index contributed by atoms with van der Waals surface area (Å²) in [5.74, 6) is -0.634. The van der Waals surface area contributed by atoms with Gasteiger partial charge in [0, 0.05) is 30.7 Å². The smallest absolute Gasteiger partial charge is 0.251 e. The number of rotatable bonds is 4. The highest BCUT2D eigenvalue weighted by Gasteiger charge is 2.23. The second-order valence-electron chi connectivity index (χ2n) is 5.23. The van der Waals surface area contributed by atoms with Crippen LogP contribution in [0.4, 0.5) is 4.39 Å². The second kappa shape index (κ2) is 6.81. The van der Waals surface area contributed by atoms with Crippen LogP contribution in [-0.2, 0) is 4.74 Å². The Morgan fingerprint density at radius 3 is 3.10 bits per heavy atom. The quantitative estimate of drug-likeness (QED) is 0.912. The van der Waals surface area contributed by atoms with E-state index in [9.17, 15) is 9.18 Å². The highest BCUT2D eigenvalue weighted by Crippen LogP contribution is 2.10. The molecule has 0 saturated carbocycles. The van der Waals surface area contributed by atoms with E-state index < -0.39 is 5.82 Å². The zero-order valence-corrected chi connectivity index (χ0v) is 11.9. The van der Waals surface area contributed by atoms with Crippen LogP contribution in [0.5, 0.6) is 0 Å². The minimum absolute atomic E-state index is 0.228. The molecule has 4 nitrogen and oxygen atoms in total. The SMILES string of the molecule is C[C@H](CNC(=O)c1cccc(F)c1)N1CCOC[C@@H]1C. The van der Waals surface area contributed by atoms with Crippen molar-refractivity contribution in [3.05, 3.63) is 35.6 Å².